The molecule has 2 amide bonds. The number of amides is 2. The number of nitrogens with zero attached hydrogens (tertiary/aromatic N) is 1. The summed E-state index contributed by atoms with van der Waals surface area (Å²) in [6.45, 7) is 0.0736. The quantitative estimate of drug-likeness (QED) is 0.676. The molecule has 0 atom stereocenters. The van der Waals surface area contributed by atoms with Crippen molar-refractivity contribution in [3.8, 4) is 0 Å². The average molecular weight is 334 g/mol. The van der Waals surface area contributed by atoms with Gasteiger partial charge in [-0.3, -0.25) is 14.6 Å². The topological polar surface area (TPSA) is 131 Å². The summed E-state index contributed by atoms with van der Waals surface area (Å²) in [6.07, 6.45) is 2.96. The first-order valence-corrected chi connectivity index (χ1v) is 8.02. The van der Waals surface area contributed by atoms with E-state index in [1.54, 1.807) is 18.3 Å². The van der Waals surface area contributed by atoms with Crippen LogP contribution in [0.3, 0.4) is 0 Å². The number of carbonyl (C=O) groups is 2. The monoisotopic (exact) mass is 334 g/mol. The normalized spacial score (nSPS) is 10.8. The van der Waals surface area contributed by atoms with Crippen LogP contribution in [0.15, 0.2) is 53.7 Å². The Morgan fingerprint density at radius 3 is 2.35 bits per heavy atom. The van der Waals surface area contributed by atoms with E-state index in [2.05, 4.69) is 15.6 Å². The van der Waals surface area contributed by atoms with E-state index in [1.165, 1.54) is 30.5 Å². The summed E-state index contributed by atoms with van der Waals surface area (Å²) in [7, 11) is -3.76. The van der Waals surface area contributed by atoms with E-state index in [4.69, 9.17) is 5.14 Å². The highest BCUT2D eigenvalue weighted by molar-refractivity contribution is 7.89. The van der Waals surface area contributed by atoms with Crippen LogP contribution in [-0.2, 0) is 26.2 Å². The third-order valence-electron chi connectivity index (χ3n) is 2.83. The van der Waals surface area contributed by atoms with Crippen LogP contribution < -0.4 is 15.8 Å². The molecule has 8 nitrogen and oxygen atoms in total. The molecule has 9 heteroatoms. The van der Waals surface area contributed by atoms with Crippen LogP contribution in [0.2, 0.25) is 0 Å². The Morgan fingerprint density at radius 2 is 1.78 bits per heavy atom. The molecule has 0 aliphatic heterocycles. The van der Waals surface area contributed by atoms with E-state index in [1.807, 2.05) is 0 Å². The Morgan fingerprint density at radius 1 is 1.09 bits per heavy atom. The molecule has 0 aliphatic rings. The predicted octanol–water partition coefficient (Wildman–Crippen LogP) is -0.0161. The molecule has 0 radical (unpaired) electrons. The van der Waals surface area contributed by atoms with Gasteiger partial charge in [0, 0.05) is 12.7 Å². The third-order valence-corrected chi connectivity index (χ3v) is 3.76. The zero-order valence-corrected chi connectivity index (χ0v) is 12.7. The molecule has 1 heterocycles. The number of benzene rings is 1. The van der Waals surface area contributed by atoms with Gasteiger partial charge in [-0.25, -0.2) is 13.6 Å². The standard InChI is InChI=1S/C14H14N4O4S/c15-23(21,22)12-5-3-10(4-6-12)8-17-13(19)14(20)18-11-2-1-7-16-9-11/h1-7,9H,8H2,(H,17,19)(H,18,20)(H2,15,21,22). The first kappa shape index (κ1) is 16.6. The van der Waals surface area contributed by atoms with Gasteiger partial charge in [0.2, 0.25) is 10.0 Å². The number of rotatable bonds is 4. The number of nitrogens with one attached hydrogen (secondary N) is 2. The van der Waals surface area contributed by atoms with Crippen molar-refractivity contribution >= 4 is 27.5 Å². The van der Waals surface area contributed by atoms with Crippen LogP contribution in [0.1, 0.15) is 5.56 Å². The summed E-state index contributed by atoms with van der Waals surface area (Å²) >= 11 is 0. The molecule has 0 aliphatic carbocycles. The van der Waals surface area contributed by atoms with E-state index in [9.17, 15) is 18.0 Å². The summed E-state index contributed by atoms with van der Waals surface area (Å²) in [4.78, 5) is 27.1. The largest absolute Gasteiger partial charge is 0.344 e. The van der Waals surface area contributed by atoms with Gasteiger partial charge in [-0.15, -0.1) is 0 Å². The van der Waals surface area contributed by atoms with Gasteiger partial charge in [-0.2, -0.15) is 0 Å². The first-order chi connectivity index (χ1) is 10.9. The van der Waals surface area contributed by atoms with E-state index in [-0.39, 0.29) is 11.4 Å². The highest BCUT2D eigenvalue weighted by Gasteiger charge is 2.13. The Bertz CT molecular complexity index is 804. The van der Waals surface area contributed by atoms with Crippen LogP contribution in [0, 0.1) is 0 Å². The molecule has 1 aromatic heterocycles. The van der Waals surface area contributed by atoms with Crippen LogP contribution in [0.25, 0.3) is 0 Å². The minimum Gasteiger partial charge on any atom is -0.344 e. The van der Waals surface area contributed by atoms with Gasteiger partial charge in [-0.05, 0) is 29.8 Å². The van der Waals surface area contributed by atoms with Gasteiger partial charge in [0.15, 0.2) is 0 Å². The molecule has 0 unspecified atom stereocenters. The molecule has 120 valence electrons. The molecule has 23 heavy (non-hydrogen) atoms. The van der Waals surface area contributed by atoms with Crippen molar-refractivity contribution in [2.24, 2.45) is 5.14 Å². The summed E-state index contributed by atoms with van der Waals surface area (Å²) in [5, 5.41) is 9.81. The van der Waals surface area contributed by atoms with Crippen LogP contribution in [0.4, 0.5) is 5.69 Å². The maximum Gasteiger partial charge on any atom is 0.313 e. The number of aromatic nitrogens is 1. The zero-order chi connectivity index (χ0) is 16.9. The van der Waals surface area contributed by atoms with Crippen molar-refractivity contribution in [3.63, 3.8) is 0 Å². The molecule has 0 fully saturated rings. The van der Waals surface area contributed by atoms with Gasteiger partial charge in [0.05, 0.1) is 16.8 Å². The SMILES string of the molecule is NS(=O)(=O)c1ccc(CNC(=O)C(=O)Nc2cccnc2)cc1. The molecule has 2 aromatic rings. The zero-order valence-electron chi connectivity index (χ0n) is 11.9. The molecule has 0 spiro atoms. The van der Waals surface area contributed by atoms with E-state index < -0.39 is 21.8 Å². The minimum atomic E-state index is -3.76. The van der Waals surface area contributed by atoms with Crippen molar-refractivity contribution in [1.29, 1.82) is 0 Å². The maximum atomic E-state index is 11.7. The van der Waals surface area contributed by atoms with Crippen LogP contribution >= 0.6 is 0 Å². The molecular weight excluding hydrogens is 320 g/mol. The van der Waals surface area contributed by atoms with Crippen LogP contribution in [0.5, 0.6) is 0 Å². The Balaban J connectivity index is 1.90. The number of pyridine rings is 1. The van der Waals surface area contributed by atoms with Crippen molar-refractivity contribution in [2.45, 2.75) is 11.4 Å². The van der Waals surface area contributed by atoms with E-state index >= 15 is 0 Å². The van der Waals surface area contributed by atoms with Crippen molar-refractivity contribution < 1.29 is 18.0 Å². The maximum absolute atomic E-state index is 11.7. The third kappa shape index (κ3) is 4.87. The van der Waals surface area contributed by atoms with Crippen LogP contribution in [-0.4, -0.2) is 25.2 Å². The molecule has 4 N–H and O–H groups in total. The highest BCUT2D eigenvalue weighted by atomic mass is 32.2. The number of primary sulfonamides is 1. The molecule has 2 rings (SSSR count). The molecule has 0 saturated carbocycles. The van der Waals surface area contributed by atoms with Gasteiger partial charge >= 0.3 is 11.8 Å². The number of hydrogen-bond donors (Lipinski definition) is 3. The van der Waals surface area contributed by atoms with Crippen molar-refractivity contribution in [3.05, 3.63) is 54.4 Å². The lowest BCUT2D eigenvalue weighted by Gasteiger charge is -2.07. The second-order valence-electron chi connectivity index (χ2n) is 4.57. The summed E-state index contributed by atoms with van der Waals surface area (Å²) in [5.41, 5.74) is 1.03. The molecule has 0 bridgehead atoms. The number of anilines is 1. The summed E-state index contributed by atoms with van der Waals surface area (Å²) in [6, 6.07) is 8.88. The second-order valence-corrected chi connectivity index (χ2v) is 6.13. The van der Waals surface area contributed by atoms with E-state index in [0.29, 0.717) is 11.3 Å². The number of carbonyl (C=O) groups excluding carboxylic acids is 2. The minimum absolute atomic E-state index is 0.0260. The van der Waals surface area contributed by atoms with Gasteiger partial charge in [0.1, 0.15) is 0 Å². The van der Waals surface area contributed by atoms with Gasteiger partial charge < -0.3 is 10.6 Å². The van der Waals surface area contributed by atoms with Gasteiger partial charge in [0.25, 0.3) is 0 Å². The Kier molecular flexibility index (Phi) is 5.04. The van der Waals surface area contributed by atoms with Crippen molar-refractivity contribution in [1.82, 2.24) is 10.3 Å². The fourth-order valence-corrected chi connectivity index (χ4v) is 2.20. The highest BCUT2D eigenvalue weighted by Crippen LogP contribution is 2.08. The lowest BCUT2D eigenvalue weighted by atomic mass is 10.2. The fraction of sp³-hybridized carbons (Fsp3) is 0.0714. The molecule has 1 aromatic carbocycles. The van der Waals surface area contributed by atoms with E-state index in [0.717, 1.165) is 0 Å². The first-order valence-electron chi connectivity index (χ1n) is 6.47. The number of sulfonamides is 1. The lowest BCUT2D eigenvalue weighted by Crippen LogP contribution is -2.34. The fourth-order valence-electron chi connectivity index (χ4n) is 1.68. The molecule has 0 saturated heterocycles. The smallest absolute Gasteiger partial charge is 0.313 e. The Labute approximate surface area is 132 Å². The Hall–Kier alpha value is -2.78. The second kappa shape index (κ2) is 6.99. The average Bonchev–Trinajstić information content (AvgIpc) is 2.53. The predicted molar refractivity (Wildman–Crippen MR) is 82.5 cm³/mol. The summed E-state index contributed by atoms with van der Waals surface area (Å²) < 4.78 is 22.2. The van der Waals surface area contributed by atoms with Crippen molar-refractivity contribution in [2.75, 3.05) is 5.32 Å². The number of nitrogens with two attached hydrogens (primary N) is 1. The lowest BCUT2D eigenvalue weighted by molar-refractivity contribution is -0.136. The summed E-state index contributed by atoms with van der Waals surface area (Å²) in [5.74, 6) is -1.64. The molecular formula is C14H14N4O4S. The van der Waals surface area contributed by atoms with Gasteiger partial charge in [-0.1, -0.05) is 12.1 Å². The number of hydrogen-bond acceptors (Lipinski definition) is 5.